The van der Waals surface area contributed by atoms with E-state index < -0.39 is 0 Å². The Bertz CT molecular complexity index is 146. The summed E-state index contributed by atoms with van der Waals surface area (Å²) >= 11 is 0. The van der Waals surface area contributed by atoms with Crippen LogP contribution in [0, 0.1) is 0 Å². The van der Waals surface area contributed by atoms with Crippen molar-refractivity contribution in [1.29, 1.82) is 0 Å². The molecule has 3 nitrogen and oxygen atoms in total. The summed E-state index contributed by atoms with van der Waals surface area (Å²) < 4.78 is 5.19. The van der Waals surface area contributed by atoms with Crippen molar-refractivity contribution in [3.05, 3.63) is 0 Å². The van der Waals surface area contributed by atoms with E-state index in [1.807, 2.05) is 0 Å². The predicted molar refractivity (Wildman–Crippen MR) is 59.6 cm³/mol. The molecule has 1 heterocycles. The van der Waals surface area contributed by atoms with Gasteiger partial charge in [-0.15, -0.1) is 0 Å². The number of hydrogen-bond acceptors (Lipinski definition) is 3. The fourth-order valence-corrected chi connectivity index (χ4v) is 1.92. The maximum atomic E-state index is 5.19. The van der Waals surface area contributed by atoms with E-state index in [4.69, 9.17) is 4.74 Å². The maximum absolute atomic E-state index is 5.19. The first-order valence-corrected chi connectivity index (χ1v) is 5.72. The standard InChI is InChI=1S/C11H24N2O/c1-9(13-8-10(2)14-3)7-11-5-4-6-12-11/h9-13H,4-8H2,1-3H3. The van der Waals surface area contributed by atoms with Crippen LogP contribution in [0.25, 0.3) is 0 Å². The van der Waals surface area contributed by atoms with Crippen LogP contribution in [0.1, 0.15) is 33.1 Å². The Morgan fingerprint density at radius 1 is 1.50 bits per heavy atom. The van der Waals surface area contributed by atoms with Crippen molar-refractivity contribution in [1.82, 2.24) is 10.6 Å². The highest BCUT2D eigenvalue weighted by Gasteiger charge is 2.16. The van der Waals surface area contributed by atoms with E-state index in [2.05, 4.69) is 24.5 Å². The van der Waals surface area contributed by atoms with Gasteiger partial charge in [0.15, 0.2) is 0 Å². The minimum Gasteiger partial charge on any atom is -0.380 e. The zero-order valence-corrected chi connectivity index (χ0v) is 9.68. The minimum absolute atomic E-state index is 0.314. The van der Waals surface area contributed by atoms with Gasteiger partial charge in [0.05, 0.1) is 6.10 Å². The van der Waals surface area contributed by atoms with Crippen molar-refractivity contribution >= 4 is 0 Å². The largest absolute Gasteiger partial charge is 0.380 e. The van der Waals surface area contributed by atoms with E-state index in [1.54, 1.807) is 7.11 Å². The average molecular weight is 200 g/mol. The highest BCUT2D eigenvalue weighted by molar-refractivity contribution is 4.78. The van der Waals surface area contributed by atoms with E-state index in [0.717, 1.165) is 12.6 Å². The molecule has 3 atom stereocenters. The lowest BCUT2D eigenvalue weighted by molar-refractivity contribution is 0.114. The van der Waals surface area contributed by atoms with Crippen LogP contribution < -0.4 is 10.6 Å². The van der Waals surface area contributed by atoms with Crippen molar-refractivity contribution in [3.8, 4) is 0 Å². The molecule has 1 rings (SSSR count). The lowest BCUT2D eigenvalue weighted by atomic mass is 10.1. The van der Waals surface area contributed by atoms with Gasteiger partial charge in [0.25, 0.3) is 0 Å². The number of nitrogens with one attached hydrogen (secondary N) is 2. The second kappa shape index (κ2) is 6.38. The molecular weight excluding hydrogens is 176 g/mol. The fourth-order valence-electron chi connectivity index (χ4n) is 1.92. The lowest BCUT2D eigenvalue weighted by Crippen LogP contribution is -2.37. The molecule has 1 aliphatic rings. The van der Waals surface area contributed by atoms with Gasteiger partial charge in [-0.05, 0) is 39.7 Å². The van der Waals surface area contributed by atoms with Crippen molar-refractivity contribution in [2.75, 3.05) is 20.2 Å². The molecule has 0 spiro atoms. The Morgan fingerprint density at radius 3 is 2.86 bits per heavy atom. The monoisotopic (exact) mass is 200 g/mol. The fraction of sp³-hybridized carbons (Fsp3) is 1.00. The molecule has 14 heavy (non-hydrogen) atoms. The van der Waals surface area contributed by atoms with Crippen molar-refractivity contribution in [2.24, 2.45) is 0 Å². The van der Waals surface area contributed by atoms with Crippen molar-refractivity contribution in [3.63, 3.8) is 0 Å². The van der Waals surface area contributed by atoms with Gasteiger partial charge in [-0.2, -0.15) is 0 Å². The zero-order chi connectivity index (χ0) is 10.4. The summed E-state index contributed by atoms with van der Waals surface area (Å²) in [5.41, 5.74) is 0. The maximum Gasteiger partial charge on any atom is 0.0667 e. The third-order valence-corrected chi connectivity index (χ3v) is 2.96. The Balaban J connectivity index is 2.05. The van der Waals surface area contributed by atoms with Crippen molar-refractivity contribution < 1.29 is 4.74 Å². The Kier molecular flexibility index (Phi) is 5.45. The SMILES string of the molecule is COC(C)CNC(C)CC1CCCN1. The molecule has 0 aromatic carbocycles. The van der Waals surface area contributed by atoms with Gasteiger partial charge in [-0.25, -0.2) is 0 Å². The third-order valence-electron chi connectivity index (χ3n) is 2.96. The first kappa shape index (κ1) is 12.0. The molecule has 3 unspecified atom stereocenters. The molecule has 2 N–H and O–H groups in total. The van der Waals surface area contributed by atoms with Gasteiger partial charge in [0, 0.05) is 25.7 Å². The Hall–Kier alpha value is -0.120. The van der Waals surface area contributed by atoms with Crippen LogP contribution in [0.5, 0.6) is 0 Å². The number of methoxy groups -OCH3 is 1. The van der Waals surface area contributed by atoms with E-state index in [-0.39, 0.29) is 0 Å². The number of hydrogen-bond donors (Lipinski definition) is 2. The van der Waals surface area contributed by atoms with E-state index in [1.165, 1.54) is 25.8 Å². The molecule has 1 saturated heterocycles. The average Bonchev–Trinajstić information content (AvgIpc) is 2.66. The summed E-state index contributed by atoms with van der Waals surface area (Å²) in [7, 11) is 1.76. The second-order valence-corrected chi connectivity index (χ2v) is 4.38. The van der Waals surface area contributed by atoms with E-state index in [9.17, 15) is 0 Å². The lowest BCUT2D eigenvalue weighted by Gasteiger charge is -2.20. The molecule has 0 aliphatic carbocycles. The van der Waals surface area contributed by atoms with Gasteiger partial charge in [-0.3, -0.25) is 0 Å². The molecule has 0 amide bonds. The van der Waals surface area contributed by atoms with Gasteiger partial charge < -0.3 is 15.4 Å². The zero-order valence-electron chi connectivity index (χ0n) is 9.68. The molecular formula is C11H24N2O. The quantitative estimate of drug-likeness (QED) is 0.674. The summed E-state index contributed by atoms with van der Waals surface area (Å²) in [5, 5.41) is 7.01. The highest BCUT2D eigenvalue weighted by Crippen LogP contribution is 2.10. The van der Waals surface area contributed by atoms with Crippen LogP contribution in [0.4, 0.5) is 0 Å². The smallest absolute Gasteiger partial charge is 0.0667 e. The highest BCUT2D eigenvalue weighted by atomic mass is 16.5. The van der Waals surface area contributed by atoms with Crippen LogP contribution in [-0.4, -0.2) is 38.4 Å². The summed E-state index contributed by atoms with van der Waals surface area (Å²) in [6.07, 6.45) is 4.22. The molecule has 84 valence electrons. The number of ether oxygens (including phenoxy) is 1. The summed E-state index contributed by atoms with van der Waals surface area (Å²) in [6, 6.07) is 1.32. The van der Waals surface area contributed by atoms with Crippen LogP contribution in [-0.2, 0) is 4.74 Å². The second-order valence-electron chi connectivity index (χ2n) is 4.38. The minimum atomic E-state index is 0.314. The number of rotatable bonds is 6. The van der Waals surface area contributed by atoms with Crippen LogP contribution in [0.2, 0.25) is 0 Å². The van der Waals surface area contributed by atoms with Gasteiger partial charge in [0.1, 0.15) is 0 Å². The normalized spacial score (nSPS) is 26.4. The Morgan fingerprint density at radius 2 is 2.29 bits per heavy atom. The first-order chi connectivity index (χ1) is 6.72. The topological polar surface area (TPSA) is 33.3 Å². The van der Waals surface area contributed by atoms with Gasteiger partial charge in [0.2, 0.25) is 0 Å². The Labute approximate surface area is 87.6 Å². The molecule has 0 radical (unpaired) electrons. The molecule has 0 saturated carbocycles. The molecule has 0 aromatic rings. The molecule has 1 fully saturated rings. The molecule has 0 aromatic heterocycles. The van der Waals surface area contributed by atoms with Crippen LogP contribution in [0.3, 0.4) is 0 Å². The molecule has 3 heteroatoms. The summed E-state index contributed by atoms with van der Waals surface area (Å²) in [4.78, 5) is 0. The van der Waals surface area contributed by atoms with Gasteiger partial charge >= 0.3 is 0 Å². The van der Waals surface area contributed by atoms with Crippen LogP contribution >= 0.6 is 0 Å². The van der Waals surface area contributed by atoms with E-state index in [0.29, 0.717) is 12.1 Å². The van der Waals surface area contributed by atoms with Crippen LogP contribution in [0.15, 0.2) is 0 Å². The predicted octanol–water partition coefficient (Wildman–Crippen LogP) is 1.14. The first-order valence-electron chi connectivity index (χ1n) is 5.72. The third kappa shape index (κ3) is 4.40. The summed E-state index contributed by atoms with van der Waals surface area (Å²) in [5.74, 6) is 0. The molecule has 1 aliphatic heterocycles. The summed E-state index contributed by atoms with van der Waals surface area (Å²) in [6.45, 7) is 6.49. The van der Waals surface area contributed by atoms with Gasteiger partial charge in [-0.1, -0.05) is 0 Å². The molecule has 0 bridgehead atoms. The van der Waals surface area contributed by atoms with E-state index >= 15 is 0 Å². The van der Waals surface area contributed by atoms with Crippen molar-refractivity contribution in [2.45, 2.75) is 51.3 Å².